The first-order valence-corrected chi connectivity index (χ1v) is 11.0. The number of carbonyl (C=O) groups is 1. The van der Waals surface area contributed by atoms with Crippen molar-refractivity contribution in [1.82, 2.24) is 0 Å². The molecule has 1 heterocycles. The Balaban J connectivity index is 1.46. The molecule has 0 spiro atoms. The average molecular weight is 478 g/mol. The van der Waals surface area contributed by atoms with Crippen molar-refractivity contribution in [3.05, 3.63) is 131 Å². The highest BCUT2D eigenvalue weighted by Crippen LogP contribution is 2.44. The number of para-hydroxylation sites is 1. The van der Waals surface area contributed by atoms with Crippen molar-refractivity contribution in [3.63, 3.8) is 0 Å². The molecule has 5 rings (SSSR count). The molecule has 6 nitrogen and oxygen atoms in total. The standard InChI is InChI=1S/C29H19FN2O4/c30-20-11-9-18(10-12-20)29(33)35-23-13-14-24-26(16-23)36-28(32)25(17-31)27(24)19-5-4-8-22(15-19)34-21-6-2-1-3-7-21/h1-16,27H,32H2. The van der Waals surface area contributed by atoms with Gasteiger partial charge in [-0.3, -0.25) is 0 Å². The number of carbonyl (C=O) groups excluding carboxylic acids is 1. The summed E-state index contributed by atoms with van der Waals surface area (Å²) >= 11 is 0. The van der Waals surface area contributed by atoms with Crippen LogP contribution in [0.5, 0.6) is 23.0 Å². The van der Waals surface area contributed by atoms with E-state index in [1.165, 1.54) is 30.3 Å². The van der Waals surface area contributed by atoms with Gasteiger partial charge in [-0.15, -0.1) is 0 Å². The van der Waals surface area contributed by atoms with E-state index < -0.39 is 17.7 Å². The Morgan fingerprint density at radius 3 is 2.39 bits per heavy atom. The number of nitrogens with zero attached hydrogens (tertiary/aromatic N) is 1. The summed E-state index contributed by atoms with van der Waals surface area (Å²) in [6, 6.07) is 28.8. The molecule has 0 amide bonds. The predicted octanol–water partition coefficient (Wildman–Crippen LogP) is 6.06. The summed E-state index contributed by atoms with van der Waals surface area (Å²) in [6.45, 7) is 0. The van der Waals surface area contributed by atoms with Gasteiger partial charge >= 0.3 is 5.97 Å². The van der Waals surface area contributed by atoms with Gasteiger partial charge in [-0.1, -0.05) is 36.4 Å². The average Bonchev–Trinajstić information content (AvgIpc) is 2.89. The molecule has 4 aromatic rings. The minimum Gasteiger partial charge on any atom is -0.457 e. The van der Waals surface area contributed by atoms with Crippen molar-refractivity contribution >= 4 is 5.97 Å². The number of esters is 1. The van der Waals surface area contributed by atoms with Gasteiger partial charge in [0.25, 0.3) is 0 Å². The van der Waals surface area contributed by atoms with Crippen molar-refractivity contribution in [2.45, 2.75) is 5.92 Å². The third kappa shape index (κ3) is 4.61. The van der Waals surface area contributed by atoms with Crippen LogP contribution in [0.1, 0.15) is 27.4 Å². The molecule has 0 saturated carbocycles. The van der Waals surface area contributed by atoms with E-state index in [9.17, 15) is 14.4 Å². The zero-order valence-corrected chi connectivity index (χ0v) is 18.9. The topological polar surface area (TPSA) is 94.6 Å². The number of nitrogens with two attached hydrogens (primary N) is 1. The fraction of sp³-hybridized carbons (Fsp3) is 0.0345. The van der Waals surface area contributed by atoms with Crippen molar-refractivity contribution in [2.24, 2.45) is 5.73 Å². The molecule has 0 aliphatic carbocycles. The molecule has 0 saturated heterocycles. The van der Waals surface area contributed by atoms with Gasteiger partial charge in [-0.25, -0.2) is 9.18 Å². The Bertz CT molecular complexity index is 1510. The van der Waals surface area contributed by atoms with Crippen molar-refractivity contribution < 1.29 is 23.4 Å². The maximum atomic E-state index is 13.2. The fourth-order valence-electron chi connectivity index (χ4n) is 3.98. The maximum Gasteiger partial charge on any atom is 0.343 e. The number of rotatable bonds is 5. The van der Waals surface area contributed by atoms with Gasteiger partial charge in [-0.05, 0) is 60.2 Å². The minimum absolute atomic E-state index is 0.0357. The number of allylic oxidation sites excluding steroid dienone is 1. The third-order valence-electron chi connectivity index (χ3n) is 5.65. The summed E-state index contributed by atoms with van der Waals surface area (Å²) < 4.78 is 30.3. The molecule has 36 heavy (non-hydrogen) atoms. The second-order valence-electron chi connectivity index (χ2n) is 8.01. The normalized spacial score (nSPS) is 14.3. The highest BCUT2D eigenvalue weighted by molar-refractivity contribution is 5.91. The van der Waals surface area contributed by atoms with Gasteiger partial charge in [0.2, 0.25) is 5.88 Å². The molecule has 0 aromatic heterocycles. The van der Waals surface area contributed by atoms with E-state index in [0.29, 0.717) is 22.8 Å². The van der Waals surface area contributed by atoms with Crippen LogP contribution in [0.2, 0.25) is 0 Å². The third-order valence-corrected chi connectivity index (χ3v) is 5.65. The quantitative estimate of drug-likeness (QED) is 0.277. The smallest absolute Gasteiger partial charge is 0.343 e. The number of fused-ring (bicyclic) bond motifs is 1. The Morgan fingerprint density at radius 1 is 0.889 bits per heavy atom. The second kappa shape index (κ2) is 9.65. The first kappa shape index (κ1) is 22.7. The van der Waals surface area contributed by atoms with E-state index in [1.807, 2.05) is 54.6 Å². The fourth-order valence-corrected chi connectivity index (χ4v) is 3.98. The summed E-state index contributed by atoms with van der Waals surface area (Å²) in [7, 11) is 0. The van der Waals surface area contributed by atoms with Gasteiger partial charge < -0.3 is 19.9 Å². The van der Waals surface area contributed by atoms with Crippen LogP contribution in [0.4, 0.5) is 4.39 Å². The van der Waals surface area contributed by atoms with Crippen LogP contribution >= 0.6 is 0 Å². The zero-order valence-electron chi connectivity index (χ0n) is 18.9. The number of hydrogen-bond donors (Lipinski definition) is 1. The number of halogens is 1. The lowest BCUT2D eigenvalue weighted by molar-refractivity contribution is 0.0734. The largest absolute Gasteiger partial charge is 0.457 e. The molecule has 1 atom stereocenters. The van der Waals surface area contributed by atoms with Crippen LogP contribution in [0.25, 0.3) is 0 Å². The lowest BCUT2D eigenvalue weighted by atomic mass is 9.83. The monoisotopic (exact) mass is 478 g/mol. The Kier molecular flexibility index (Phi) is 6.08. The van der Waals surface area contributed by atoms with E-state index in [1.54, 1.807) is 12.1 Å². The van der Waals surface area contributed by atoms with Gasteiger partial charge in [0.15, 0.2) is 0 Å². The first-order valence-electron chi connectivity index (χ1n) is 11.0. The maximum absolute atomic E-state index is 13.2. The van der Waals surface area contributed by atoms with Crippen molar-refractivity contribution in [3.8, 4) is 29.1 Å². The second-order valence-corrected chi connectivity index (χ2v) is 8.01. The van der Waals surface area contributed by atoms with Gasteiger partial charge in [0.05, 0.1) is 11.5 Å². The van der Waals surface area contributed by atoms with Crippen LogP contribution in [0.15, 0.2) is 109 Å². The predicted molar refractivity (Wildman–Crippen MR) is 130 cm³/mol. The molecule has 2 N–H and O–H groups in total. The summed E-state index contributed by atoms with van der Waals surface area (Å²) in [5, 5.41) is 9.85. The van der Waals surface area contributed by atoms with Crippen molar-refractivity contribution in [2.75, 3.05) is 0 Å². The van der Waals surface area contributed by atoms with Gasteiger partial charge in [-0.2, -0.15) is 5.26 Å². The molecule has 4 aromatic carbocycles. The highest BCUT2D eigenvalue weighted by Gasteiger charge is 2.31. The van der Waals surface area contributed by atoms with Crippen LogP contribution in [-0.4, -0.2) is 5.97 Å². The first-order chi connectivity index (χ1) is 17.5. The van der Waals surface area contributed by atoms with Gasteiger partial charge in [0.1, 0.15) is 40.5 Å². The number of hydrogen-bond acceptors (Lipinski definition) is 6. The molecular weight excluding hydrogens is 459 g/mol. The summed E-state index contributed by atoms with van der Waals surface area (Å²) in [6.07, 6.45) is 0. The summed E-state index contributed by atoms with van der Waals surface area (Å²) in [5.41, 5.74) is 8.03. The number of ether oxygens (including phenoxy) is 3. The Hall–Kier alpha value is -5.09. The zero-order chi connectivity index (χ0) is 25.1. The molecule has 0 radical (unpaired) electrons. The van der Waals surface area contributed by atoms with Gasteiger partial charge in [0, 0.05) is 11.6 Å². The van der Waals surface area contributed by atoms with E-state index >= 15 is 0 Å². The van der Waals surface area contributed by atoms with E-state index in [-0.39, 0.29) is 22.8 Å². The minimum atomic E-state index is -0.644. The molecule has 176 valence electrons. The SMILES string of the molecule is N#CC1=C(N)Oc2cc(OC(=O)c3ccc(F)cc3)ccc2C1c1cccc(Oc2ccccc2)c1. The molecule has 1 aliphatic heterocycles. The van der Waals surface area contributed by atoms with Crippen LogP contribution < -0.4 is 19.9 Å². The lowest BCUT2D eigenvalue weighted by Crippen LogP contribution is -2.21. The number of benzene rings is 4. The van der Waals surface area contributed by atoms with Crippen molar-refractivity contribution in [1.29, 1.82) is 5.26 Å². The summed E-state index contributed by atoms with van der Waals surface area (Å²) in [5.74, 6) is 0.221. The van der Waals surface area contributed by atoms with E-state index in [0.717, 1.165) is 5.56 Å². The highest BCUT2D eigenvalue weighted by atomic mass is 19.1. The van der Waals surface area contributed by atoms with Crippen LogP contribution in [0, 0.1) is 17.1 Å². The van der Waals surface area contributed by atoms with E-state index in [2.05, 4.69) is 6.07 Å². The molecule has 0 fully saturated rings. The lowest BCUT2D eigenvalue weighted by Gasteiger charge is -2.27. The van der Waals surface area contributed by atoms with Crippen LogP contribution in [-0.2, 0) is 0 Å². The molecule has 0 bridgehead atoms. The summed E-state index contributed by atoms with van der Waals surface area (Å²) in [4.78, 5) is 12.5. The Morgan fingerprint density at radius 2 is 1.64 bits per heavy atom. The molecule has 1 aliphatic rings. The number of nitriles is 1. The molecule has 1 unspecified atom stereocenters. The molecule has 7 heteroatoms. The van der Waals surface area contributed by atoms with Crippen LogP contribution in [0.3, 0.4) is 0 Å². The molecular formula is C29H19FN2O4. The van der Waals surface area contributed by atoms with E-state index in [4.69, 9.17) is 19.9 Å². The Labute approximate surface area is 206 Å².